The molecule has 0 unspecified atom stereocenters. The third-order valence-corrected chi connectivity index (χ3v) is 4.96. The fourth-order valence-electron chi connectivity index (χ4n) is 3.55. The van der Waals surface area contributed by atoms with Crippen LogP contribution in [0.3, 0.4) is 0 Å². The molecule has 1 aliphatic carbocycles. The maximum absolute atomic E-state index is 12.3. The van der Waals surface area contributed by atoms with Crippen molar-refractivity contribution in [3.05, 3.63) is 60.1 Å². The van der Waals surface area contributed by atoms with Crippen LogP contribution in [-0.4, -0.2) is 26.7 Å². The summed E-state index contributed by atoms with van der Waals surface area (Å²) in [5.41, 5.74) is 1.14. The number of nitrogens with one attached hydrogen (secondary N) is 1. The predicted octanol–water partition coefficient (Wildman–Crippen LogP) is 3.58. The van der Waals surface area contributed by atoms with Crippen molar-refractivity contribution in [2.24, 2.45) is 0 Å². The summed E-state index contributed by atoms with van der Waals surface area (Å²) in [4.78, 5) is 16.9. The number of nitrogens with zero attached hydrogens (tertiary/aromatic N) is 3. The maximum atomic E-state index is 12.3. The number of furan rings is 1. The molecule has 140 valence electrons. The Labute approximate surface area is 158 Å². The molecule has 3 aromatic rings. The zero-order chi connectivity index (χ0) is 18.5. The second-order valence-electron chi connectivity index (χ2n) is 7.02. The molecule has 4 rings (SSSR count). The summed E-state index contributed by atoms with van der Waals surface area (Å²) >= 11 is 0. The van der Waals surface area contributed by atoms with Crippen LogP contribution in [0.25, 0.3) is 11.6 Å². The van der Waals surface area contributed by atoms with E-state index >= 15 is 0 Å². The summed E-state index contributed by atoms with van der Waals surface area (Å²) in [6, 6.07) is 14.1. The van der Waals surface area contributed by atoms with Gasteiger partial charge in [0.15, 0.2) is 5.76 Å². The van der Waals surface area contributed by atoms with Crippen LogP contribution in [0.15, 0.2) is 53.1 Å². The highest BCUT2D eigenvalue weighted by Gasteiger charge is 2.19. The Morgan fingerprint density at radius 3 is 2.70 bits per heavy atom. The van der Waals surface area contributed by atoms with Gasteiger partial charge in [-0.3, -0.25) is 4.79 Å². The molecule has 1 saturated carbocycles. The van der Waals surface area contributed by atoms with Crippen molar-refractivity contribution in [3.63, 3.8) is 0 Å². The molecule has 6 heteroatoms. The molecule has 1 aromatic carbocycles. The highest BCUT2D eigenvalue weighted by Crippen LogP contribution is 2.19. The summed E-state index contributed by atoms with van der Waals surface area (Å²) < 4.78 is 7.31. The number of aromatic nitrogens is 3. The van der Waals surface area contributed by atoms with Crippen molar-refractivity contribution in [1.29, 1.82) is 0 Å². The number of carbonyl (C=O) groups excluding carboxylic acids is 1. The summed E-state index contributed by atoms with van der Waals surface area (Å²) in [7, 11) is 0. The molecular formula is C21H24N4O2. The van der Waals surface area contributed by atoms with Gasteiger partial charge in [-0.25, -0.2) is 9.67 Å². The van der Waals surface area contributed by atoms with E-state index in [1.54, 1.807) is 6.26 Å². The van der Waals surface area contributed by atoms with Gasteiger partial charge in [0.25, 0.3) is 0 Å². The molecule has 2 aromatic heterocycles. The number of amides is 1. The molecular weight excluding hydrogens is 340 g/mol. The van der Waals surface area contributed by atoms with Crippen molar-refractivity contribution < 1.29 is 9.21 Å². The fraction of sp³-hybridized carbons (Fsp3) is 0.381. The molecule has 0 saturated heterocycles. The number of aryl methyl sites for hydroxylation is 1. The first-order chi connectivity index (χ1) is 13.3. The SMILES string of the molecule is O=C(CCc1nc(-c2ccco2)nn1Cc1ccccc1)NC1CCCC1. The Kier molecular flexibility index (Phi) is 5.32. The molecule has 0 atom stereocenters. The average Bonchev–Trinajstić information content (AvgIpc) is 3.43. The summed E-state index contributed by atoms with van der Waals surface area (Å²) in [5.74, 6) is 2.09. The van der Waals surface area contributed by atoms with E-state index in [-0.39, 0.29) is 5.91 Å². The first kappa shape index (κ1) is 17.5. The van der Waals surface area contributed by atoms with Gasteiger partial charge in [0.05, 0.1) is 12.8 Å². The van der Waals surface area contributed by atoms with Crippen LogP contribution in [0.2, 0.25) is 0 Å². The van der Waals surface area contributed by atoms with Crippen LogP contribution < -0.4 is 5.32 Å². The van der Waals surface area contributed by atoms with Crippen molar-refractivity contribution >= 4 is 5.91 Å². The van der Waals surface area contributed by atoms with E-state index in [1.165, 1.54) is 12.8 Å². The second-order valence-corrected chi connectivity index (χ2v) is 7.02. The Bertz CT molecular complexity index is 865. The lowest BCUT2D eigenvalue weighted by molar-refractivity contribution is -0.121. The van der Waals surface area contributed by atoms with Gasteiger partial charge in [-0.15, -0.1) is 5.10 Å². The van der Waals surface area contributed by atoms with Crippen molar-refractivity contribution in [2.75, 3.05) is 0 Å². The van der Waals surface area contributed by atoms with Gasteiger partial charge < -0.3 is 9.73 Å². The summed E-state index contributed by atoms with van der Waals surface area (Å²) in [6.45, 7) is 0.619. The first-order valence-corrected chi connectivity index (χ1v) is 9.59. The molecule has 2 heterocycles. The molecule has 27 heavy (non-hydrogen) atoms. The average molecular weight is 364 g/mol. The Morgan fingerprint density at radius 1 is 1.15 bits per heavy atom. The van der Waals surface area contributed by atoms with E-state index in [2.05, 4.69) is 27.5 Å². The zero-order valence-corrected chi connectivity index (χ0v) is 15.3. The fourth-order valence-corrected chi connectivity index (χ4v) is 3.55. The lowest BCUT2D eigenvalue weighted by Gasteiger charge is -2.11. The van der Waals surface area contributed by atoms with Gasteiger partial charge in [0.2, 0.25) is 11.7 Å². The predicted molar refractivity (Wildman–Crippen MR) is 102 cm³/mol. The van der Waals surface area contributed by atoms with E-state index in [4.69, 9.17) is 4.42 Å². The number of carbonyl (C=O) groups is 1. The van der Waals surface area contributed by atoms with Crippen molar-refractivity contribution in [1.82, 2.24) is 20.1 Å². The Hall–Kier alpha value is -2.89. The Morgan fingerprint density at radius 2 is 1.96 bits per heavy atom. The molecule has 0 aliphatic heterocycles. The minimum Gasteiger partial charge on any atom is -0.461 e. The van der Waals surface area contributed by atoms with Gasteiger partial charge in [0, 0.05) is 18.9 Å². The third-order valence-electron chi connectivity index (χ3n) is 4.96. The van der Waals surface area contributed by atoms with E-state index in [1.807, 2.05) is 35.0 Å². The lowest BCUT2D eigenvalue weighted by atomic mass is 10.2. The van der Waals surface area contributed by atoms with Gasteiger partial charge in [-0.2, -0.15) is 0 Å². The molecule has 1 N–H and O–H groups in total. The quantitative estimate of drug-likeness (QED) is 0.695. The van der Waals surface area contributed by atoms with Gasteiger partial charge in [0.1, 0.15) is 5.82 Å². The van der Waals surface area contributed by atoms with Crippen molar-refractivity contribution in [2.45, 2.75) is 51.1 Å². The number of rotatable bonds is 7. The molecule has 6 nitrogen and oxygen atoms in total. The number of hydrogen-bond acceptors (Lipinski definition) is 4. The summed E-state index contributed by atoms with van der Waals surface area (Å²) in [6.07, 6.45) is 7.20. The van der Waals surface area contributed by atoms with E-state index in [0.717, 1.165) is 24.2 Å². The molecule has 1 fully saturated rings. The third kappa shape index (κ3) is 4.45. The molecule has 1 amide bonds. The number of benzene rings is 1. The molecule has 0 spiro atoms. The second kappa shape index (κ2) is 8.20. The van der Waals surface area contributed by atoms with Crippen LogP contribution in [0.1, 0.15) is 43.5 Å². The van der Waals surface area contributed by atoms with Crippen LogP contribution in [0.5, 0.6) is 0 Å². The van der Waals surface area contributed by atoms with Gasteiger partial charge in [-0.1, -0.05) is 43.2 Å². The summed E-state index contributed by atoms with van der Waals surface area (Å²) in [5, 5.41) is 7.75. The van der Waals surface area contributed by atoms with Crippen molar-refractivity contribution in [3.8, 4) is 11.6 Å². The zero-order valence-electron chi connectivity index (χ0n) is 15.3. The monoisotopic (exact) mass is 364 g/mol. The largest absolute Gasteiger partial charge is 0.461 e. The molecule has 0 radical (unpaired) electrons. The van der Waals surface area contributed by atoms with E-state index in [0.29, 0.717) is 37.0 Å². The van der Waals surface area contributed by atoms with Gasteiger partial charge >= 0.3 is 0 Å². The highest BCUT2D eigenvalue weighted by molar-refractivity contribution is 5.76. The van der Waals surface area contributed by atoms with E-state index in [9.17, 15) is 4.79 Å². The number of hydrogen-bond donors (Lipinski definition) is 1. The first-order valence-electron chi connectivity index (χ1n) is 9.59. The van der Waals surface area contributed by atoms with Crippen LogP contribution in [0.4, 0.5) is 0 Å². The lowest BCUT2D eigenvalue weighted by Crippen LogP contribution is -2.32. The maximum Gasteiger partial charge on any atom is 0.220 e. The minimum atomic E-state index is 0.0932. The molecule has 1 aliphatic rings. The van der Waals surface area contributed by atoms with Crippen LogP contribution in [0, 0.1) is 0 Å². The van der Waals surface area contributed by atoms with Crippen LogP contribution >= 0.6 is 0 Å². The van der Waals surface area contributed by atoms with E-state index < -0.39 is 0 Å². The minimum absolute atomic E-state index is 0.0932. The smallest absolute Gasteiger partial charge is 0.220 e. The highest BCUT2D eigenvalue weighted by atomic mass is 16.3. The van der Waals surface area contributed by atoms with Crippen LogP contribution in [-0.2, 0) is 17.8 Å². The molecule has 0 bridgehead atoms. The van der Waals surface area contributed by atoms with Gasteiger partial charge in [-0.05, 0) is 30.5 Å². The normalized spacial score (nSPS) is 14.5. The standard InChI is InChI=1S/C21H24N4O2/c26-20(22-17-9-4-5-10-17)13-12-19-23-21(18-11-6-14-27-18)24-25(19)15-16-7-2-1-3-8-16/h1-3,6-8,11,14,17H,4-5,9-10,12-13,15H2,(H,22,26). The topological polar surface area (TPSA) is 73.0 Å². The Balaban J connectivity index is 1.48.